The number of allylic oxidation sites excluding steroid dienone is 1. The molecule has 0 radical (unpaired) electrons. The molecule has 0 saturated carbocycles. The number of ketones is 1. The van der Waals surface area contributed by atoms with Crippen molar-refractivity contribution in [3.63, 3.8) is 0 Å². The molecule has 3 N–H and O–H groups in total. The van der Waals surface area contributed by atoms with Gasteiger partial charge in [0, 0.05) is 16.3 Å². The average Bonchev–Trinajstić information content (AvgIpc) is 3.03. The third-order valence-corrected chi connectivity index (χ3v) is 8.92. The standard InChI is InChI=1S/C32H23N5O7S2.2Na/c33-31-25-6-2-1-5-24(25)29(46(42,43)44)18-26(31)36-34-22-13-8-19(9-14-22)20-10-15-23(16-11-20)35-37-32-27(38)17-12-21-4-3-7-28(30(21)32)45(39,40)41;;/h1-18,35H,33H2,(H,39,40,41)(H,42,43,44);;/q;2*+1/p-2/b36-34?,37-32-;;. The number of rotatable bonds is 7. The summed E-state index contributed by atoms with van der Waals surface area (Å²) in [5.41, 5.74) is 11.9. The van der Waals surface area contributed by atoms with Gasteiger partial charge in [-0.15, -0.1) is 5.11 Å². The normalized spacial score (nSPS) is 13.6. The van der Waals surface area contributed by atoms with Gasteiger partial charge in [-0.2, -0.15) is 10.2 Å². The van der Waals surface area contributed by atoms with Crippen LogP contribution in [0.4, 0.5) is 22.7 Å². The van der Waals surface area contributed by atoms with Gasteiger partial charge < -0.3 is 14.8 Å². The van der Waals surface area contributed by atoms with E-state index in [0.29, 0.717) is 22.3 Å². The summed E-state index contributed by atoms with van der Waals surface area (Å²) >= 11 is 0. The first-order valence-corrected chi connectivity index (χ1v) is 16.3. The second kappa shape index (κ2) is 14.9. The second-order valence-electron chi connectivity index (χ2n) is 10.1. The Kier molecular flexibility index (Phi) is 11.6. The molecule has 48 heavy (non-hydrogen) atoms. The van der Waals surface area contributed by atoms with Crippen LogP contribution < -0.4 is 70.3 Å². The van der Waals surface area contributed by atoms with Gasteiger partial charge in [0.25, 0.3) is 0 Å². The minimum absolute atomic E-state index is 0. The van der Waals surface area contributed by atoms with Crippen LogP contribution in [0, 0.1) is 0 Å². The molecule has 1 aliphatic rings. The van der Waals surface area contributed by atoms with Crippen LogP contribution >= 0.6 is 0 Å². The van der Waals surface area contributed by atoms with Crippen LogP contribution in [-0.2, 0) is 25.0 Å². The van der Waals surface area contributed by atoms with Gasteiger partial charge in [-0.3, -0.25) is 10.2 Å². The monoisotopic (exact) mass is 697 g/mol. The van der Waals surface area contributed by atoms with Gasteiger partial charge in [-0.25, -0.2) is 16.8 Å². The zero-order chi connectivity index (χ0) is 32.6. The van der Waals surface area contributed by atoms with Crippen molar-refractivity contribution in [3.05, 3.63) is 114 Å². The fourth-order valence-electron chi connectivity index (χ4n) is 4.96. The summed E-state index contributed by atoms with van der Waals surface area (Å²) in [6, 6.07) is 25.6. The number of nitrogens with one attached hydrogen (secondary N) is 1. The number of fused-ring (bicyclic) bond motifs is 2. The van der Waals surface area contributed by atoms with Crippen LogP contribution in [0.25, 0.3) is 28.0 Å². The summed E-state index contributed by atoms with van der Waals surface area (Å²) in [4.78, 5) is 11.6. The van der Waals surface area contributed by atoms with Crippen LogP contribution in [-0.4, -0.2) is 37.4 Å². The van der Waals surface area contributed by atoms with E-state index in [4.69, 9.17) is 5.73 Å². The molecule has 5 aromatic rings. The van der Waals surface area contributed by atoms with E-state index in [1.54, 1.807) is 72.8 Å². The maximum atomic E-state index is 12.6. The van der Waals surface area contributed by atoms with Gasteiger partial charge in [0.1, 0.15) is 31.6 Å². The van der Waals surface area contributed by atoms with E-state index in [0.717, 1.165) is 23.3 Å². The zero-order valence-electron chi connectivity index (χ0n) is 25.5. The molecule has 0 atom stereocenters. The Hall–Kier alpha value is -3.54. The molecule has 0 bridgehead atoms. The molecule has 0 heterocycles. The number of benzene rings is 5. The van der Waals surface area contributed by atoms with Crippen molar-refractivity contribution in [2.75, 3.05) is 11.2 Å². The topological polar surface area (TPSA) is 207 Å². The van der Waals surface area contributed by atoms with Crippen molar-refractivity contribution in [1.29, 1.82) is 0 Å². The molecule has 16 heteroatoms. The number of hydrogen-bond donors (Lipinski definition) is 2. The number of nitrogens with zero attached hydrogens (tertiary/aromatic N) is 3. The molecule has 0 aliphatic heterocycles. The predicted molar refractivity (Wildman–Crippen MR) is 171 cm³/mol. The van der Waals surface area contributed by atoms with Gasteiger partial charge in [0.15, 0.2) is 0 Å². The van der Waals surface area contributed by atoms with Crippen LogP contribution in [0.1, 0.15) is 11.1 Å². The summed E-state index contributed by atoms with van der Waals surface area (Å²) in [5.74, 6) is -0.552. The van der Waals surface area contributed by atoms with Gasteiger partial charge in [0.2, 0.25) is 5.78 Å². The molecule has 12 nitrogen and oxygen atoms in total. The Bertz CT molecular complexity index is 2360. The van der Waals surface area contributed by atoms with Gasteiger partial charge in [-0.05, 0) is 59.2 Å². The van der Waals surface area contributed by atoms with Crippen molar-refractivity contribution >= 4 is 71.3 Å². The summed E-state index contributed by atoms with van der Waals surface area (Å²) in [6.45, 7) is 0. The SMILES string of the molecule is Nc1c(N=Nc2ccc(-c3ccc(N/N=C4/C(=O)C=Cc5cccc(S(=O)(=O)[O-])c54)cc3)cc2)cc(S(=O)(=O)[O-])c2ccccc12.[Na+].[Na+]. The van der Waals surface area contributed by atoms with Crippen LogP contribution in [0.15, 0.2) is 128 Å². The quantitative estimate of drug-likeness (QED) is 0.0754. The summed E-state index contributed by atoms with van der Waals surface area (Å²) in [6.07, 6.45) is 2.68. The Morgan fingerprint density at radius 2 is 1.27 bits per heavy atom. The second-order valence-corrected chi connectivity index (χ2v) is 12.8. The number of anilines is 2. The van der Waals surface area contributed by atoms with Gasteiger partial charge in [-0.1, -0.05) is 66.7 Å². The first kappa shape index (κ1) is 37.3. The average molecular weight is 698 g/mol. The van der Waals surface area contributed by atoms with Crippen molar-refractivity contribution in [2.45, 2.75) is 9.79 Å². The number of hydrogen-bond acceptors (Lipinski definition) is 12. The molecule has 5 aromatic carbocycles. The smallest absolute Gasteiger partial charge is 0.744 e. The first-order valence-electron chi connectivity index (χ1n) is 13.4. The molecule has 0 unspecified atom stereocenters. The van der Waals surface area contributed by atoms with Crippen LogP contribution in [0.2, 0.25) is 0 Å². The molecule has 0 aromatic heterocycles. The van der Waals surface area contributed by atoms with E-state index in [9.17, 15) is 30.7 Å². The predicted octanol–water partition coefficient (Wildman–Crippen LogP) is -0.267. The van der Waals surface area contributed by atoms with Gasteiger partial charge >= 0.3 is 59.1 Å². The number of carbonyl (C=O) groups is 1. The molecule has 0 saturated heterocycles. The van der Waals surface area contributed by atoms with Crippen molar-refractivity contribution in [2.24, 2.45) is 15.3 Å². The van der Waals surface area contributed by atoms with Crippen molar-refractivity contribution < 1.29 is 89.9 Å². The third-order valence-electron chi connectivity index (χ3n) is 7.16. The minimum atomic E-state index is -4.85. The summed E-state index contributed by atoms with van der Waals surface area (Å²) < 4.78 is 71.0. The van der Waals surface area contributed by atoms with E-state index in [-0.39, 0.29) is 87.2 Å². The van der Waals surface area contributed by atoms with E-state index < -0.39 is 35.8 Å². The number of hydrazone groups is 1. The van der Waals surface area contributed by atoms with Crippen molar-refractivity contribution in [3.8, 4) is 11.1 Å². The molecule has 0 fully saturated rings. The molecule has 6 rings (SSSR count). The molecular weight excluding hydrogens is 676 g/mol. The third kappa shape index (κ3) is 7.84. The zero-order valence-corrected chi connectivity index (χ0v) is 31.1. The minimum Gasteiger partial charge on any atom is -0.744 e. The number of nitrogens with two attached hydrogens (primary N) is 1. The Labute approximate surface area is 319 Å². The Balaban J connectivity index is 0.00000260. The molecule has 1 aliphatic carbocycles. The molecular formula is C32H21N5Na2O7S2. The molecule has 0 spiro atoms. The van der Waals surface area contributed by atoms with Crippen LogP contribution in [0.3, 0.4) is 0 Å². The van der Waals surface area contributed by atoms with E-state index in [2.05, 4.69) is 20.8 Å². The Morgan fingerprint density at radius 3 is 1.90 bits per heavy atom. The maximum absolute atomic E-state index is 12.6. The fraction of sp³-hybridized carbons (Fsp3) is 0. The molecule has 0 amide bonds. The van der Waals surface area contributed by atoms with Gasteiger partial charge in [0.05, 0.1) is 26.9 Å². The Morgan fingerprint density at radius 1 is 0.667 bits per heavy atom. The largest absolute Gasteiger partial charge is 1.00 e. The number of nitrogen functional groups attached to an aromatic ring is 1. The van der Waals surface area contributed by atoms with E-state index >= 15 is 0 Å². The van der Waals surface area contributed by atoms with E-state index in [1.807, 2.05) is 0 Å². The number of carbonyl (C=O) groups excluding carboxylic acids is 1. The van der Waals surface area contributed by atoms with E-state index in [1.165, 1.54) is 24.3 Å². The maximum Gasteiger partial charge on any atom is 1.00 e. The summed E-state index contributed by atoms with van der Waals surface area (Å²) in [5, 5.41) is 13.0. The number of azo groups is 1. The van der Waals surface area contributed by atoms with Crippen molar-refractivity contribution in [1.82, 2.24) is 0 Å². The first-order chi connectivity index (χ1) is 21.9. The van der Waals surface area contributed by atoms with Crippen LogP contribution in [0.5, 0.6) is 0 Å². The summed E-state index contributed by atoms with van der Waals surface area (Å²) in [7, 11) is -9.65. The molecule has 230 valence electrons. The fourth-order valence-corrected chi connectivity index (χ4v) is 6.37.